The summed E-state index contributed by atoms with van der Waals surface area (Å²) in [4.78, 5) is 11.8. The van der Waals surface area contributed by atoms with Gasteiger partial charge in [-0.1, -0.05) is 30.3 Å². The quantitative estimate of drug-likeness (QED) is 0.363. The van der Waals surface area contributed by atoms with Gasteiger partial charge >= 0.3 is 19.1 Å². The summed E-state index contributed by atoms with van der Waals surface area (Å²) < 4.78 is 51.5. The van der Waals surface area contributed by atoms with E-state index in [1.54, 1.807) is 0 Å². The van der Waals surface area contributed by atoms with E-state index in [0.29, 0.717) is 13.2 Å². The molecule has 0 N–H and O–H groups in total. The van der Waals surface area contributed by atoms with E-state index in [-0.39, 0.29) is 12.0 Å². The van der Waals surface area contributed by atoms with Crippen molar-refractivity contribution in [2.75, 3.05) is 13.7 Å². The first-order valence-corrected chi connectivity index (χ1v) is 7.50. The smallest absolute Gasteiger partial charge is 0.464 e. The predicted octanol–water partition coefficient (Wildman–Crippen LogP) is 3.27. The zero-order valence-electron chi connectivity index (χ0n) is 13.6. The molecule has 1 aliphatic rings. The molecule has 0 unspecified atom stereocenters. The Bertz CT molecular complexity index is 558. The molecule has 0 spiro atoms. The third kappa shape index (κ3) is 7.01. The van der Waals surface area contributed by atoms with Crippen LogP contribution in [0.15, 0.2) is 30.3 Å². The Hall–Kier alpha value is -2.06. The van der Waals surface area contributed by atoms with Gasteiger partial charge in [0.25, 0.3) is 6.04 Å². The Labute approximate surface area is 138 Å². The van der Waals surface area contributed by atoms with Crippen LogP contribution in [0.1, 0.15) is 25.3 Å². The number of carbonyl (C=O) groups is 1. The number of hydrogen-bond donors (Lipinski definition) is 0. The molecular weight excluding hydrogens is 329 g/mol. The van der Waals surface area contributed by atoms with E-state index in [0.717, 1.165) is 24.3 Å². The Morgan fingerprint density at radius 3 is 2.33 bits per heavy atom. The van der Waals surface area contributed by atoms with Crippen LogP contribution in [0, 0.1) is 0 Å². The summed E-state index contributed by atoms with van der Waals surface area (Å²) in [6.45, 7) is 3.25. The fraction of sp³-hybridized carbons (Fsp3) is 0.467. The number of halogens is 4. The lowest BCUT2D eigenvalue weighted by Crippen LogP contribution is -2.33. The van der Waals surface area contributed by atoms with Gasteiger partial charge < -0.3 is 26.7 Å². The number of benzene rings is 1. The molecule has 1 atom stereocenters. The molecule has 1 aliphatic heterocycles. The van der Waals surface area contributed by atoms with Gasteiger partial charge in [-0.25, -0.2) is 4.79 Å². The second kappa shape index (κ2) is 9.29. The molecule has 4 nitrogen and oxygen atoms in total. The van der Waals surface area contributed by atoms with Crippen LogP contribution in [0.25, 0.3) is 0 Å². The van der Waals surface area contributed by atoms with Crippen molar-refractivity contribution in [2.45, 2.75) is 32.4 Å². The zero-order valence-corrected chi connectivity index (χ0v) is 13.6. The molecule has 0 fully saturated rings. The Balaban J connectivity index is 0.000000505. The highest BCUT2D eigenvalue weighted by Crippen LogP contribution is 2.18. The number of esters is 1. The normalized spacial score (nSPS) is 17.2. The molecule has 0 saturated carbocycles. The highest BCUT2D eigenvalue weighted by Gasteiger charge is 2.40. The molecule has 1 heterocycles. The molecule has 0 aromatic heterocycles. The minimum absolute atomic E-state index is 0.189. The zero-order chi connectivity index (χ0) is 18.2. The lowest BCUT2D eigenvalue weighted by molar-refractivity contribution is -0.569. The van der Waals surface area contributed by atoms with E-state index in [9.17, 15) is 22.1 Å². The second-order valence-electron chi connectivity index (χ2n) is 5.01. The van der Waals surface area contributed by atoms with Crippen molar-refractivity contribution < 1.29 is 36.1 Å². The Morgan fingerprint density at radius 2 is 1.83 bits per heavy atom. The maximum absolute atomic E-state index is 11.8. The second-order valence-corrected chi connectivity index (χ2v) is 5.01. The highest BCUT2D eigenvalue weighted by molar-refractivity contribution is 6.50. The average Bonchev–Trinajstić information content (AvgIpc) is 2.89. The lowest BCUT2D eigenvalue weighted by atomic mass is 10.2. The summed E-state index contributed by atoms with van der Waals surface area (Å²) >= 11 is 0. The molecule has 0 bridgehead atoms. The van der Waals surface area contributed by atoms with Gasteiger partial charge in [0.2, 0.25) is 0 Å². The summed E-state index contributed by atoms with van der Waals surface area (Å²) in [5.41, 5.74) is 1.16. The first-order valence-electron chi connectivity index (χ1n) is 7.50. The molecule has 9 heteroatoms. The molecule has 1 aromatic rings. The van der Waals surface area contributed by atoms with Crippen molar-refractivity contribution >= 4 is 19.1 Å². The maximum Gasteiger partial charge on any atom is 0.673 e. The van der Waals surface area contributed by atoms with Gasteiger partial charge in [0.1, 0.15) is 0 Å². The van der Waals surface area contributed by atoms with E-state index in [1.807, 2.05) is 29.7 Å². The van der Waals surface area contributed by atoms with Crippen LogP contribution in [0.5, 0.6) is 0 Å². The molecule has 1 aromatic carbocycles. The molecule has 2 rings (SSSR count). The van der Waals surface area contributed by atoms with Crippen molar-refractivity contribution in [3.63, 3.8) is 0 Å². The van der Waals surface area contributed by atoms with Gasteiger partial charge in [-0.2, -0.15) is 4.58 Å². The summed E-state index contributed by atoms with van der Waals surface area (Å²) in [6.07, 6.45) is 1.55. The molecule has 0 radical (unpaired) electrons. The van der Waals surface area contributed by atoms with Crippen LogP contribution >= 0.6 is 0 Å². The summed E-state index contributed by atoms with van der Waals surface area (Å²) in [5.74, 6) is 0.701. The van der Waals surface area contributed by atoms with E-state index in [2.05, 4.69) is 12.1 Å². The maximum atomic E-state index is 11.8. The van der Waals surface area contributed by atoms with Crippen LogP contribution in [-0.4, -0.2) is 43.5 Å². The fourth-order valence-corrected chi connectivity index (χ4v) is 2.41. The van der Waals surface area contributed by atoms with Gasteiger partial charge in [-0.3, -0.25) is 0 Å². The summed E-state index contributed by atoms with van der Waals surface area (Å²) in [7, 11) is -4.57. The number of nitrogens with zero attached hydrogens (tertiary/aromatic N) is 1. The van der Waals surface area contributed by atoms with E-state index in [4.69, 9.17) is 9.47 Å². The molecule has 134 valence electrons. The number of hydrogen-bond acceptors (Lipinski definition) is 3. The van der Waals surface area contributed by atoms with Crippen molar-refractivity contribution in [1.82, 2.24) is 0 Å². The largest absolute Gasteiger partial charge is 0.673 e. The third-order valence-corrected chi connectivity index (χ3v) is 3.31. The van der Waals surface area contributed by atoms with Gasteiger partial charge in [0.05, 0.1) is 20.1 Å². The van der Waals surface area contributed by atoms with Crippen molar-refractivity contribution in [3.05, 3.63) is 35.9 Å². The monoisotopic (exact) mass is 349 g/mol. The topological polar surface area (TPSA) is 38.5 Å². The minimum atomic E-state index is -6.00. The van der Waals surface area contributed by atoms with Crippen LogP contribution in [-0.2, 0) is 20.8 Å². The number of carbonyl (C=O) groups excluding carboxylic acids is 1. The highest BCUT2D eigenvalue weighted by atomic mass is 19.5. The average molecular weight is 349 g/mol. The van der Waals surface area contributed by atoms with E-state index in [1.165, 1.54) is 7.11 Å². The summed E-state index contributed by atoms with van der Waals surface area (Å²) in [6, 6.07) is 9.86. The number of ether oxygens (including phenoxy) is 2. The SMILES string of the molecule is CCOC1=[N+](Cc2ccccc2)[C@@H](C(=O)OC)CC1.F[B-](F)(F)F. The van der Waals surface area contributed by atoms with E-state index < -0.39 is 7.25 Å². The van der Waals surface area contributed by atoms with Gasteiger partial charge in [-0.05, 0) is 6.92 Å². The molecule has 0 aliphatic carbocycles. The first-order chi connectivity index (χ1) is 11.3. The molecular formula is C15H20BF4NO3. The predicted molar refractivity (Wildman–Crippen MR) is 82.3 cm³/mol. The van der Waals surface area contributed by atoms with Crippen LogP contribution in [0.2, 0.25) is 0 Å². The van der Waals surface area contributed by atoms with Crippen molar-refractivity contribution in [1.29, 1.82) is 0 Å². The summed E-state index contributed by atoms with van der Waals surface area (Å²) in [5, 5.41) is 0. The molecule has 0 saturated heterocycles. The molecule has 0 amide bonds. The first kappa shape index (κ1) is 20.0. The Kier molecular flexibility index (Phi) is 7.74. The Morgan fingerprint density at radius 1 is 1.25 bits per heavy atom. The standard InChI is InChI=1S/C15H20NO3.BF4/c1-3-19-14-10-9-13(15(17)18-2)16(14)11-12-7-5-4-6-8-12;2-1(3,4)5/h4-8,13H,3,9-11H2,1-2H3;/q+1;-1/t13-;/m1./s1. The van der Waals surface area contributed by atoms with Gasteiger partial charge in [-0.15, -0.1) is 0 Å². The fourth-order valence-electron chi connectivity index (χ4n) is 2.41. The number of methoxy groups -OCH3 is 1. The van der Waals surface area contributed by atoms with Crippen LogP contribution in [0.4, 0.5) is 17.3 Å². The van der Waals surface area contributed by atoms with Crippen LogP contribution < -0.4 is 0 Å². The van der Waals surface area contributed by atoms with Crippen molar-refractivity contribution in [2.24, 2.45) is 0 Å². The molecule has 24 heavy (non-hydrogen) atoms. The van der Waals surface area contributed by atoms with E-state index >= 15 is 0 Å². The third-order valence-electron chi connectivity index (χ3n) is 3.31. The van der Waals surface area contributed by atoms with Crippen LogP contribution in [0.3, 0.4) is 0 Å². The lowest BCUT2D eigenvalue weighted by Gasteiger charge is -2.09. The van der Waals surface area contributed by atoms with Crippen molar-refractivity contribution in [3.8, 4) is 0 Å². The minimum Gasteiger partial charge on any atom is -0.464 e. The van der Waals surface area contributed by atoms with Gasteiger partial charge in [0, 0.05) is 12.0 Å². The van der Waals surface area contributed by atoms with Gasteiger partial charge in [0.15, 0.2) is 6.54 Å². The number of rotatable bonds is 4.